The van der Waals surface area contributed by atoms with E-state index in [1.165, 1.54) is 22.3 Å². The molecule has 0 aliphatic rings. The van der Waals surface area contributed by atoms with Crippen LogP contribution in [0.15, 0.2) is 48.7 Å². The second-order valence-electron chi connectivity index (χ2n) is 4.18. The lowest BCUT2D eigenvalue weighted by Gasteiger charge is -2.12. The molecule has 0 amide bonds. The largest absolute Gasteiger partial charge is 0.256 e. The molecule has 0 radical (unpaired) electrons. The third-order valence-corrected chi connectivity index (χ3v) is 3.05. The van der Waals surface area contributed by atoms with E-state index in [0.29, 0.717) is 0 Å². The highest BCUT2D eigenvalue weighted by molar-refractivity contribution is 5.81. The van der Waals surface area contributed by atoms with Gasteiger partial charge in [0.05, 0.1) is 5.69 Å². The van der Waals surface area contributed by atoms with Crippen LogP contribution in [0.3, 0.4) is 0 Å². The molecule has 2 rings (SSSR count). The van der Waals surface area contributed by atoms with E-state index >= 15 is 0 Å². The molecule has 1 nitrogen and oxygen atoms in total. The molecule has 0 unspecified atom stereocenters. The van der Waals surface area contributed by atoms with Crippen LogP contribution in [0.1, 0.15) is 25.0 Å². The van der Waals surface area contributed by atoms with Crippen LogP contribution in [-0.2, 0) is 0 Å². The van der Waals surface area contributed by atoms with Crippen LogP contribution < -0.4 is 0 Å². The Hall–Kier alpha value is -1.89. The van der Waals surface area contributed by atoms with E-state index in [1.54, 1.807) is 0 Å². The van der Waals surface area contributed by atoms with Crippen molar-refractivity contribution in [3.05, 3.63) is 59.8 Å². The minimum Gasteiger partial charge on any atom is -0.256 e. The SMILES string of the molecule is C/C=C(\C)c1cccc(C)c1-c1ccccn1. The van der Waals surface area contributed by atoms with Crippen LogP contribution in [0.5, 0.6) is 0 Å². The first-order valence-corrected chi connectivity index (χ1v) is 5.88. The Labute approximate surface area is 103 Å². The van der Waals surface area contributed by atoms with E-state index in [2.05, 4.69) is 56.1 Å². The molecule has 0 saturated carbocycles. The first-order chi connectivity index (χ1) is 8.24. The molecule has 1 aromatic heterocycles. The van der Waals surface area contributed by atoms with Crippen LogP contribution >= 0.6 is 0 Å². The number of nitrogens with zero attached hydrogens (tertiary/aromatic N) is 1. The smallest absolute Gasteiger partial charge is 0.0710 e. The molecule has 0 fully saturated rings. The Balaban J connectivity index is 2.68. The highest BCUT2D eigenvalue weighted by Crippen LogP contribution is 2.30. The van der Waals surface area contributed by atoms with Crippen molar-refractivity contribution < 1.29 is 0 Å². The fourth-order valence-electron chi connectivity index (χ4n) is 2.00. The minimum atomic E-state index is 1.04. The van der Waals surface area contributed by atoms with E-state index in [0.717, 1.165) is 5.69 Å². The maximum atomic E-state index is 4.46. The summed E-state index contributed by atoms with van der Waals surface area (Å²) in [4.78, 5) is 4.46. The first kappa shape index (κ1) is 11.6. The zero-order chi connectivity index (χ0) is 12.3. The molecule has 0 aliphatic carbocycles. The second-order valence-corrected chi connectivity index (χ2v) is 4.18. The number of allylic oxidation sites excluding steroid dienone is 2. The van der Waals surface area contributed by atoms with Crippen molar-refractivity contribution >= 4 is 5.57 Å². The predicted molar refractivity (Wildman–Crippen MR) is 73.7 cm³/mol. The number of aromatic nitrogens is 1. The highest BCUT2D eigenvalue weighted by atomic mass is 14.7. The number of pyridine rings is 1. The van der Waals surface area contributed by atoms with Crippen LogP contribution in [-0.4, -0.2) is 4.98 Å². The summed E-state index contributed by atoms with van der Waals surface area (Å²) in [5.74, 6) is 0. The van der Waals surface area contributed by atoms with E-state index in [1.807, 2.05) is 18.3 Å². The zero-order valence-electron chi connectivity index (χ0n) is 10.6. The van der Waals surface area contributed by atoms with Crippen molar-refractivity contribution in [2.75, 3.05) is 0 Å². The van der Waals surface area contributed by atoms with Crippen molar-refractivity contribution in [2.24, 2.45) is 0 Å². The Morgan fingerprint density at radius 3 is 2.59 bits per heavy atom. The molecule has 0 aliphatic heterocycles. The topological polar surface area (TPSA) is 12.9 Å². The lowest BCUT2D eigenvalue weighted by molar-refractivity contribution is 1.30. The molecule has 0 atom stereocenters. The summed E-state index contributed by atoms with van der Waals surface area (Å²) in [5, 5.41) is 0. The first-order valence-electron chi connectivity index (χ1n) is 5.88. The zero-order valence-corrected chi connectivity index (χ0v) is 10.6. The number of benzene rings is 1. The van der Waals surface area contributed by atoms with E-state index in [4.69, 9.17) is 0 Å². The molecule has 0 saturated heterocycles. The molecule has 0 spiro atoms. The number of rotatable bonds is 2. The number of hydrogen-bond donors (Lipinski definition) is 0. The summed E-state index contributed by atoms with van der Waals surface area (Å²) in [6.45, 7) is 6.34. The number of hydrogen-bond acceptors (Lipinski definition) is 1. The van der Waals surface area contributed by atoms with Crippen molar-refractivity contribution in [3.63, 3.8) is 0 Å². The van der Waals surface area contributed by atoms with Gasteiger partial charge in [0, 0.05) is 11.8 Å². The molecule has 1 aromatic carbocycles. The van der Waals surface area contributed by atoms with Gasteiger partial charge in [0.15, 0.2) is 0 Å². The summed E-state index contributed by atoms with van der Waals surface area (Å²) >= 11 is 0. The summed E-state index contributed by atoms with van der Waals surface area (Å²) in [5.41, 5.74) is 6.11. The van der Waals surface area contributed by atoms with Crippen LogP contribution in [0.25, 0.3) is 16.8 Å². The maximum absolute atomic E-state index is 4.46. The fourth-order valence-corrected chi connectivity index (χ4v) is 2.00. The van der Waals surface area contributed by atoms with Crippen molar-refractivity contribution in [1.29, 1.82) is 0 Å². The van der Waals surface area contributed by atoms with Gasteiger partial charge in [-0.05, 0) is 49.6 Å². The second kappa shape index (κ2) is 4.96. The predicted octanol–water partition coefficient (Wildman–Crippen LogP) is 4.48. The molecule has 17 heavy (non-hydrogen) atoms. The molecule has 1 heterocycles. The Kier molecular flexibility index (Phi) is 3.38. The lowest BCUT2D eigenvalue weighted by Crippen LogP contribution is -1.92. The number of aryl methyl sites for hydroxylation is 1. The molecule has 1 heteroatoms. The summed E-state index contributed by atoms with van der Waals surface area (Å²) in [6.07, 6.45) is 3.98. The third-order valence-electron chi connectivity index (χ3n) is 3.05. The standard InChI is InChI=1S/C16H17N/c1-4-12(2)14-9-7-8-13(3)16(14)15-10-5-6-11-17-15/h4-11H,1-3H3/b12-4+. The van der Waals surface area contributed by atoms with Gasteiger partial charge in [0.1, 0.15) is 0 Å². The monoisotopic (exact) mass is 223 g/mol. The van der Waals surface area contributed by atoms with Crippen molar-refractivity contribution in [1.82, 2.24) is 4.98 Å². The van der Waals surface area contributed by atoms with Gasteiger partial charge in [-0.15, -0.1) is 0 Å². The van der Waals surface area contributed by atoms with Crippen molar-refractivity contribution in [2.45, 2.75) is 20.8 Å². The van der Waals surface area contributed by atoms with Gasteiger partial charge in [0.25, 0.3) is 0 Å². The third kappa shape index (κ3) is 2.28. The molecular weight excluding hydrogens is 206 g/mol. The Morgan fingerprint density at radius 1 is 1.12 bits per heavy atom. The van der Waals surface area contributed by atoms with E-state index < -0.39 is 0 Å². The molecule has 86 valence electrons. The average molecular weight is 223 g/mol. The van der Waals surface area contributed by atoms with Crippen LogP contribution in [0.2, 0.25) is 0 Å². The molecular formula is C16H17N. The molecule has 0 N–H and O–H groups in total. The minimum absolute atomic E-state index is 1.04. The van der Waals surface area contributed by atoms with Crippen LogP contribution in [0.4, 0.5) is 0 Å². The quantitative estimate of drug-likeness (QED) is 0.731. The molecule has 2 aromatic rings. The average Bonchev–Trinajstić information content (AvgIpc) is 2.38. The Morgan fingerprint density at radius 2 is 1.94 bits per heavy atom. The van der Waals surface area contributed by atoms with Crippen molar-refractivity contribution in [3.8, 4) is 11.3 Å². The van der Waals surface area contributed by atoms with Gasteiger partial charge in [0.2, 0.25) is 0 Å². The summed E-state index contributed by atoms with van der Waals surface area (Å²) < 4.78 is 0. The van der Waals surface area contributed by atoms with Gasteiger partial charge in [-0.3, -0.25) is 4.98 Å². The van der Waals surface area contributed by atoms with E-state index in [9.17, 15) is 0 Å². The lowest BCUT2D eigenvalue weighted by atomic mass is 9.94. The van der Waals surface area contributed by atoms with Gasteiger partial charge in [-0.2, -0.15) is 0 Å². The normalized spacial score (nSPS) is 11.6. The van der Waals surface area contributed by atoms with Gasteiger partial charge >= 0.3 is 0 Å². The van der Waals surface area contributed by atoms with Gasteiger partial charge in [-0.25, -0.2) is 0 Å². The van der Waals surface area contributed by atoms with Gasteiger partial charge in [-0.1, -0.05) is 30.3 Å². The summed E-state index contributed by atoms with van der Waals surface area (Å²) in [7, 11) is 0. The van der Waals surface area contributed by atoms with Crippen LogP contribution in [0, 0.1) is 6.92 Å². The highest BCUT2D eigenvalue weighted by Gasteiger charge is 2.09. The maximum Gasteiger partial charge on any atom is 0.0710 e. The fraction of sp³-hybridized carbons (Fsp3) is 0.188. The molecule has 0 bridgehead atoms. The Bertz CT molecular complexity index is 539. The van der Waals surface area contributed by atoms with Gasteiger partial charge < -0.3 is 0 Å². The van der Waals surface area contributed by atoms with E-state index in [-0.39, 0.29) is 0 Å². The summed E-state index contributed by atoms with van der Waals surface area (Å²) in [6, 6.07) is 12.4.